The van der Waals surface area contributed by atoms with E-state index in [0.29, 0.717) is 17.1 Å². The lowest BCUT2D eigenvalue weighted by Gasteiger charge is -2.20. The van der Waals surface area contributed by atoms with Gasteiger partial charge in [-0.05, 0) is 24.6 Å². The number of halogens is 1. The van der Waals surface area contributed by atoms with Gasteiger partial charge in [0.15, 0.2) is 0 Å². The van der Waals surface area contributed by atoms with Crippen molar-refractivity contribution in [1.29, 1.82) is 5.26 Å². The third-order valence-electron chi connectivity index (χ3n) is 3.12. The topological polar surface area (TPSA) is 65.4 Å². The van der Waals surface area contributed by atoms with Crippen molar-refractivity contribution in [2.24, 2.45) is 0 Å². The molecule has 1 unspecified atom stereocenters. The number of carbonyl (C=O) groups is 1. The van der Waals surface area contributed by atoms with Gasteiger partial charge in [-0.25, -0.2) is 4.79 Å². The second-order valence-corrected chi connectivity index (χ2v) is 4.78. The number of hydrogen-bond donors (Lipinski definition) is 1. The molecule has 1 saturated heterocycles. The fraction of sp³-hybridized carbons (Fsp3) is 0.385. The molecule has 1 aliphatic heterocycles. The van der Waals surface area contributed by atoms with E-state index in [1.807, 2.05) is 6.07 Å². The summed E-state index contributed by atoms with van der Waals surface area (Å²) in [5.74, 6) is 0. The fourth-order valence-electron chi connectivity index (χ4n) is 2.20. The number of alkyl carbamates (subject to hydrolysis) is 1. The van der Waals surface area contributed by atoms with E-state index in [2.05, 4.69) is 21.0 Å². The van der Waals surface area contributed by atoms with Crippen molar-refractivity contribution < 1.29 is 9.53 Å². The van der Waals surface area contributed by atoms with Crippen molar-refractivity contribution in [3.63, 3.8) is 0 Å². The number of nitriles is 1. The summed E-state index contributed by atoms with van der Waals surface area (Å²) in [4.78, 5) is 13.2. The first kappa shape index (κ1) is 13.5. The molecule has 0 saturated carbocycles. The minimum Gasteiger partial charge on any atom is -0.453 e. The van der Waals surface area contributed by atoms with Gasteiger partial charge in [-0.1, -0.05) is 11.6 Å². The molecule has 1 N–H and O–H groups in total. The Morgan fingerprint density at radius 3 is 3.11 bits per heavy atom. The highest BCUT2D eigenvalue weighted by atomic mass is 35.5. The zero-order valence-electron chi connectivity index (χ0n) is 10.5. The molecular weight excluding hydrogens is 266 g/mol. The molecule has 0 bridgehead atoms. The molecule has 0 radical (unpaired) electrons. The first-order valence-electron chi connectivity index (χ1n) is 5.93. The van der Waals surface area contributed by atoms with Crippen LogP contribution >= 0.6 is 11.6 Å². The average Bonchev–Trinajstić information content (AvgIpc) is 2.86. The third-order valence-corrected chi connectivity index (χ3v) is 3.35. The summed E-state index contributed by atoms with van der Waals surface area (Å²) in [5, 5.41) is 12.4. The molecule has 5 nitrogen and oxygen atoms in total. The van der Waals surface area contributed by atoms with Gasteiger partial charge in [0.05, 0.1) is 24.4 Å². The van der Waals surface area contributed by atoms with Crippen LogP contribution in [-0.2, 0) is 4.74 Å². The quantitative estimate of drug-likeness (QED) is 0.901. The van der Waals surface area contributed by atoms with Gasteiger partial charge >= 0.3 is 6.09 Å². The van der Waals surface area contributed by atoms with Gasteiger partial charge < -0.3 is 15.0 Å². The van der Waals surface area contributed by atoms with Crippen molar-refractivity contribution >= 4 is 23.4 Å². The highest BCUT2D eigenvalue weighted by Crippen LogP contribution is 2.26. The van der Waals surface area contributed by atoms with Crippen LogP contribution in [0.3, 0.4) is 0 Å². The van der Waals surface area contributed by atoms with Crippen LogP contribution in [-0.4, -0.2) is 32.3 Å². The number of rotatable bonds is 2. The van der Waals surface area contributed by atoms with E-state index in [1.165, 1.54) is 7.11 Å². The Morgan fingerprint density at radius 1 is 1.63 bits per heavy atom. The van der Waals surface area contributed by atoms with Gasteiger partial charge in [0.25, 0.3) is 0 Å². The second-order valence-electron chi connectivity index (χ2n) is 4.34. The van der Waals surface area contributed by atoms with Gasteiger partial charge in [-0.2, -0.15) is 5.26 Å². The van der Waals surface area contributed by atoms with Crippen molar-refractivity contribution in [2.45, 2.75) is 12.5 Å². The molecule has 19 heavy (non-hydrogen) atoms. The zero-order chi connectivity index (χ0) is 13.8. The Morgan fingerprint density at radius 2 is 2.42 bits per heavy atom. The molecule has 0 aromatic heterocycles. The van der Waals surface area contributed by atoms with E-state index in [-0.39, 0.29) is 6.04 Å². The first-order chi connectivity index (χ1) is 9.13. The number of nitrogens with zero attached hydrogens (tertiary/aromatic N) is 2. The highest BCUT2D eigenvalue weighted by Gasteiger charge is 2.25. The Hall–Kier alpha value is -1.93. The maximum Gasteiger partial charge on any atom is 0.407 e. The highest BCUT2D eigenvalue weighted by molar-refractivity contribution is 6.30. The number of carbonyl (C=O) groups excluding carboxylic acids is 1. The fourth-order valence-corrected chi connectivity index (χ4v) is 2.37. The minimum absolute atomic E-state index is 0.0367. The van der Waals surface area contributed by atoms with Crippen LogP contribution in [0.1, 0.15) is 12.0 Å². The van der Waals surface area contributed by atoms with Crippen molar-refractivity contribution in [1.82, 2.24) is 5.32 Å². The van der Waals surface area contributed by atoms with E-state index in [1.54, 1.807) is 12.1 Å². The third kappa shape index (κ3) is 3.09. The number of anilines is 1. The Kier molecular flexibility index (Phi) is 4.13. The largest absolute Gasteiger partial charge is 0.453 e. The van der Waals surface area contributed by atoms with Crippen molar-refractivity contribution in [3.8, 4) is 6.07 Å². The zero-order valence-corrected chi connectivity index (χ0v) is 11.3. The van der Waals surface area contributed by atoms with Gasteiger partial charge in [-0.15, -0.1) is 0 Å². The monoisotopic (exact) mass is 279 g/mol. The summed E-state index contributed by atoms with van der Waals surface area (Å²) in [7, 11) is 1.34. The van der Waals surface area contributed by atoms with Crippen molar-refractivity contribution in [3.05, 3.63) is 28.8 Å². The Balaban J connectivity index is 2.09. The smallest absolute Gasteiger partial charge is 0.407 e. The van der Waals surface area contributed by atoms with Gasteiger partial charge in [0, 0.05) is 18.1 Å². The molecule has 1 aromatic rings. The van der Waals surface area contributed by atoms with E-state index in [0.717, 1.165) is 18.7 Å². The Labute approximate surface area is 116 Å². The second kappa shape index (κ2) is 5.81. The summed E-state index contributed by atoms with van der Waals surface area (Å²) >= 11 is 5.88. The predicted molar refractivity (Wildman–Crippen MR) is 72.3 cm³/mol. The normalized spacial score (nSPS) is 17.9. The average molecular weight is 280 g/mol. The summed E-state index contributed by atoms with van der Waals surface area (Å²) in [6.45, 7) is 1.44. The SMILES string of the molecule is COC(=O)NC1CCN(c2ccc(Cl)cc2C#N)C1. The number of nitrogens with one attached hydrogen (secondary N) is 1. The molecule has 1 heterocycles. The predicted octanol–water partition coefficient (Wildman–Crippen LogP) is 2.15. The van der Waals surface area contributed by atoms with E-state index >= 15 is 0 Å². The lowest BCUT2D eigenvalue weighted by Crippen LogP contribution is -2.37. The van der Waals surface area contributed by atoms with Gasteiger partial charge in [0.1, 0.15) is 6.07 Å². The standard InChI is InChI=1S/C13H14ClN3O2/c1-19-13(18)16-11-4-5-17(8-11)12-3-2-10(14)6-9(12)7-15/h2-3,6,11H,4-5,8H2,1H3,(H,16,18). The maximum atomic E-state index is 11.2. The van der Waals surface area contributed by atoms with Crippen LogP contribution in [0.15, 0.2) is 18.2 Å². The molecule has 1 fully saturated rings. The maximum absolute atomic E-state index is 11.2. The van der Waals surface area contributed by atoms with E-state index in [4.69, 9.17) is 16.9 Å². The van der Waals surface area contributed by atoms with Crippen LogP contribution in [0.25, 0.3) is 0 Å². The van der Waals surface area contributed by atoms with Gasteiger partial charge in [0.2, 0.25) is 0 Å². The summed E-state index contributed by atoms with van der Waals surface area (Å²) in [6.07, 6.45) is 0.395. The number of hydrogen-bond acceptors (Lipinski definition) is 4. The summed E-state index contributed by atoms with van der Waals surface area (Å²) in [5.41, 5.74) is 1.40. The van der Waals surface area contributed by atoms with Crippen LogP contribution in [0.2, 0.25) is 5.02 Å². The first-order valence-corrected chi connectivity index (χ1v) is 6.31. The van der Waals surface area contributed by atoms with E-state index in [9.17, 15) is 4.79 Å². The molecule has 2 rings (SSSR count). The molecular formula is C13H14ClN3O2. The van der Waals surface area contributed by atoms with Crippen LogP contribution < -0.4 is 10.2 Å². The lowest BCUT2D eigenvalue weighted by molar-refractivity contribution is 0.167. The molecule has 1 aliphatic rings. The number of methoxy groups -OCH3 is 1. The molecule has 1 amide bonds. The number of benzene rings is 1. The van der Waals surface area contributed by atoms with E-state index < -0.39 is 6.09 Å². The lowest BCUT2D eigenvalue weighted by atomic mass is 10.2. The van der Waals surface area contributed by atoms with Gasteiger partial charge in [-0.3, -0.25) is 0 Å². The molecule has 6 heteroatoms. The summed E-state index contributed by atoms with van der Waals surface area (Å²) in [6, 6.07) is 7.43. The van der Waals surface area contributed by atoms with Crippen LogP contribution in [0.4, 0.5) is 10.5 Å². The number of ether oxygens (including phenoxy) is 1. The molecule has 0 aliphatic carbocycles. The minimum atomic E-state index is -0.427. The molecule has 1 atom stereocenters. The Bertz CT molecular complexity index is 527. The molecule has 100 valence electrons. The summed E-state index contributed by atoms with van der Waals surface area (Å²) < 4.78 is 4.58. The van der Waals surface area contributed by atoms with Crippen LogP contribution in [0.5, 0.6) is 0 Å². The molecule has 1 aromatic carbocycles. The number of amides is 1. The van der Waals surface area contributed by atoms with Crippen molar-refractivity contribution in [2.75, 3.05) is 25.1 Å². The van der Waals surface area contributed by atoms with Crippen LogP contribution in [0, 0.1) is 11.3 Å². The molecule has 0 spiro atoms.